The van der Waals surface area contributed by atoms with E-state index in [0.717, 1.165) is 22.0 Å². The Balaban J connectivity index is 2.79. The van der Waals surface area contributed by atoms with E-state index in [1.807, 2.05) is 72.3 Å². The van der Waals surface area contributed by atoms with E-state index in [0.29, 0.717) is 0 Å². The Labute approximate surface area is 134 Å². The molecule has 0 fully saturated rings. The van der Waals surface area contributed by atoms with E-state index in [9.17, 15) is 0 Å². The van der Waals surface area contributed by atoms with E-state index < -0.39 is 8.41 Å². The predicted molar refractivity (Wildman–Crippen MR) is 96.2 cm³/mol. The molecule has 2 aromatic rings. The van der Waals surface area contributed by atoms with Gasteiger partial charge in [-0.25, -0.2) is 0 Å². The van der Waals surface area contributed by atoms with E-state index in [-0.39, 0.29) is 10.1 Å². The summed E-state index contributed by atoms with van der Waals surface area (Å²) in [5.74, 6) is 0. The number of aryl methyl sites for hydroxylation is 1. The lowest BCUT2D eigenvalue weighted by Gasteiger charge is -2.44. The molecule has 122 valence electrons. The van der Waals surface area contributed by atoms with Crippen molar-refractivity contribution < 1.29 is 4.11 Å². The molecule has 2 rings (SSSR count). The van der Waals surface area contributed by atoms with Gasteiger partial charge in [-0.2, -0.15) is 0 Å². The first-order valence-electron chi connectivity index (χ1n) is 7.76. The van der Waals surface area contributed by atoms with E-state index in [1.165, 1.54) is 0 Å². The first-order valence-corrected chi connectivity index (χ1v) is 9.64. The Bertz CT molecular complexity index is 678. The maximum atomic E-state index is 16.5. The summed E-state index contributed by atoms with van der Waals surface area (Å²) in [6.45, 7) is 12.1. The average Bonchev–Trinajstić information content (AvgIpc) is 2.72. The standard InChI is InChI=1S/C17H28FN3Si/c1-16(2,3)22(18,17(4,5)6)15-10-13-14(21(15)8)9-12(19-7)11-20-13/h9-11,19H,1-8H3. The lowest BCUT2D eigenvalue weighted by Crippen LogP contribution is -2.60. The molecule has 0 aliphatic rings. The minimum Gasteiger partial charge on any atom is -0.387 e. The number of pyridine rings is 1. The van der Waals surface area contributed by atoms with Crippen LogP contribution in [0.3, 0.4) is 0 Å². The Morgan fingerprint density at radius 2 is 1.64 bits per heavy atom. The highest BCUT2D eigenvalue weighted by molar-refractivity contribution is 6.90. The lowest BCUT2D eigenvalue weighted by molar-refractivity contribution is 0.530. The number of rotatable bonds is 2. The molecule has 0 atom stereocenters. The summed E-state index contributed by atoms with van der Waals surface area (Å²) in [5, 5.41) is 3.14. The number of anilines is 1. The van der Waals surface area contributed by atoms with Crippen LogP contribution >= 0.6 is 0 Å². The van der Waals surface area contributed by atoms with Crippen LogP contribution in [0.5, 0.6) is 0 Å². The molecule has 2 heterocycles. The second kappa shape index (κ2) is 5.08. The van der Waals surface area contributed by atoms with Gasteiger partial charge in [0, 0.05) is 19.4 Å². The molecular weight excluding hydrogens is 293 g/mol. The van der Waals surface area contributed by atoms with Crippen LogP contribution in [0.2, 0.25) is 10.1 Å². The molecule has 0 aromatic carbocycles. The van der Waals surface area contributed by atoms with E-state index in [1.54, 1.807) is 6.20 Å². The van der Waals surface area contributed by atoms with Gasteiger partial charge in [0.2, 0.25) is 0 Å². The topological polar surface area (TPSA) is 29.9 Å². The highest BCUT2D eigenvalue weighted by Crippen LogP contribution is 2.51. The summed E-state index contributed by atoms with van der Waals surface area (Å²) < 4.78 is 18.5. The van der Waals surface area contributed by atoms with Gasteiger partial charge < -0.3 is 14.0 Å². The van der Waals surface area contributed by atoms with Crippen molar-refractivity contribution in [3.05, 3.63) is 18.3 Å². The van der Waals surface area contributed by atoms with Gasteiger partial charge in [-0.15, -0.1) is 0 Å². The fourth-order valence-corrected chi connectivity index (χ4v) is 8.27. The van der Waals surface area contributed by atoms with Gasteiger partial charge in [-0.3, -0.25) is 4.98 Å². The average molecular weight is 322 g/mol. The largest absolute Gasteiger partial charge is 0.387 e. The SMILES string of the molecule is CNc1cnc2cc([Si](F)(C(C)(C)C)C(C)(C)C)n(C)c2c1. The van der Waals surface area contributed by atoms with Crippen molar-refractivity contribution >= 4 is 30.4 Å². The van der Waals surface area contributed by atoms with Crippen LogP contribution in [-0.2, 0) is 7.05 Å². The Morgan fingerprint density at radius 3 is 2.09 bits per heavy atom. The Morgan fingerprint density at radius 1 is 1.09 bits per heavy atom. The van der Waals surface area contributed by atoms with E-state index in [2.05, 4.69) is 10.3 Å². The molecule has 0 saturated heterocycles. The molecule has 0 amide bonds. The molecule has 2 aromatic heterocycles. The smallest absolute Gasteiger partial charge is 0.304 e. The van der Waals surface area contributed by atoms with Gasteiger partial charge in [0.25, 0.3) is 0 Å². The lowest BCUT2D eigenvalue weighted by atomic mass is 10.2. The number of nitrogens with zero attached hydrogens (tertiary/aromatic N) is 2. The maximum Gasteiger partial charge on any atom is 0.304 e. The highest BCUT2D eigenvalue weighted by atomic mass is 28.4. The van der Waals surface area contributed by atoms with Crippen molar-refractivity contribution in [2.45, 2.75) is 51.6 Å². The zero-order valence-electron chi connectivity index (χ0n) is 15.0. The minimum absolute atomic E-state index is 0.390. The first-order chi connectivity index (χ1) is 9.93. The third kappa shape index (κ3) is 2.35. The molecule has 0 bridgehead atoms. The molecule has 0 radical (unpaired) electrons. The molecule has 0 aliphatic carbocycles. The molecule has 5 heteroatoms. The van der Waals surface area contributed by atoms with Crippen LogP contribution in [0.1, 0.15) is 41.5 Å². The summed E-state index contributed by atoms with van der Waals surface area (Å²) in [6.07, 6.45) is 1.79. The quantitative estimate of drug-likeness (QED) is 0.659. The highest BCUT2D eigenvalue weighted by Gasteiger charge is 2.58. The van der Waals surface area contributed by atoms with Gasteiger partial charge in [0.05, 0.1) is 22.9 Å². The van der Waals surface area contributed by atoms with Gasteiger partial charge in [-0.1, -0.05) is 41.5 Å². The van der Waals surface area contributed by atoms with Crippen molar-refractivity contribution in [1.82, 2.24) is 9.55 Å². The molecule has 0 aliphatic heterocycles. The molecule has 1 N–H and O–H groups in total. The number of nitrogens with one attached hydrogen (secondary N) is 1. The van der Waals surface area contributed by atoms with Crippen LogP contribution in [0.25, 0.3) is 11.0 Å². The Kier molecular flexibility index (Phi) is 3.93. The van der Waals surface area contributed by atoms with E-state index in [4.69, 9.17) is 0 Å². The second-order valence-electron chi connectivity index (χ2n) is 8.13. The fourth-order valence-electron chi connectivity index (χ4n) is 3.56. The molecule has 0 saturated carbocycles. The van der Waals surface area contributed by atoms with Gasteiger partial charge in [0.15, 0.2) is 0 Å². The summed E-state index contributed by atoms with van der Waals surface area (Å²) in [4.78, 5) is 4.48. The van der Waals surface area contributed by atoms with Crippen LogP contribution in [0, 0.1) is 0 Å². The van der Waals surface area contributed by atoms with Crippen molar-refractivity contribution in [3.8, 4) is 0 Å². The summed E-state index contributed by atoms with van der Waals surface area (Å²) >= 11 is 0. The van der Waals surface area contributed by atoms with Gasteiger partial charge in [0.1, 0.15) is 0 Å². The summed E-state index contributed by atoms with van der Waals surface area (Å²) in [6, 6.07) is 3.99. The molecule has 22 heavy (non-hydrogen) atoms. The fraction of sp³-hybridized carbons (Fsp3) is 0.588. The van der Waals surface area contributed by atoms with Gasteiger partial charge in [-0.05, 0) is 22.2 Å². The first kappa shape index (κ1) is 17.0. The van der Waals surface area contributed by atoms with Crippen LogP contribution in [-0.4, -0.2) is 25.0 Å². The van der Waals surface area contributed by atoms with Crippen LogP contribution in [0.4, 0.5) is 9.80 Å². The number of aromatic nitrogens is 2. The maximum absolute atomic E-state index is 16.5. The number of fused-ring (bicyclic) bond motifs is 1. The van der Waals surface area contributed by atoms with Crippen molar-refractivity contribution in [2.75, 3.05) is 12.4 Å². The molecule has 0 unspecified atom stereocenters. The zero-order valence-corrected chi connectivity index (χ0v) is 16.0. The number of hydrogen-bond acceptors (Lipinski definition) is 2. The van der Waals surface area contributed by atoms with Crippen LogP contribution < -0.4 is 10.6 Å². The summed E-state index contributed by atoms with van der Waals surface area (Å²) in [7, 11) is 0.541. The van der Waals surface area contributed by atoms with Crippen molar-refractivity contribution in [3.63, 3.8) is 0 Å². The minimum atomic E-state index is -3.28. The molecule has 3 nitrogen and oxygen atoms in total. The summed E-state index contributed by atoms with van der Waals surface area (Å²) in [5.41, 5.74) is 2.78. The predicted octanol–water partition coefficient (Wildman–Crippen LogP) is 4.34. The Hall–Kier alpha value is -1.36. The normalized spacial score (nSPS) is 13.7. The molecular formula is C17H28FN3Si. The van der Waals surface area contributed by atoms with Crippen LogP contribution in [0.15, 0.2) is 18.3 Å². The number of hydrogen-bond donors (Lipinski definition) is 1. The van der Waals surface area contributed by atoms with E-state index >= 15 is 4.11 Å². The third-order valence-corrected chi connectivity index (χ3v) is 9.92. The van der Waals surface area contributed by atoms with Crippen molar-refractivity contribution in [1.29, 1.82) is 0 Å². The van der Waals surface area contributed by atoms with Gasteiger partial charge >= 0.3 is 8.41 Å². The third-order valence-electron chi connectivity index (χ3n) is 4.60. The van der Waals surface area contributed by atoms with Crippen molar-refractivity contribution in [2.24, 2.45) is 7.05 Å². The monoisotopic (exact) mass is 321 g/mol. The second-order valence-corrected chi connectivity index (χ2v) is 13.0. The zero-order chi connectivity index (χ0) is 16.9. The molecule has 0 spiro atoms. The number of halogens is 1.